The van der Waals surface area contributed by atoms with Crippen LogP contribution in [0.4, 0.5) is 0 Å². The standard InChI is InChI=1S/C18H15Ge.C12H27Ge/c1-4-10-16(11-5-1)19(17-12-6-2-7-13-17)18-14-8-3-9-15-18;1-7-10(4)13(11(5)8-2)12(6)9-3/h1-15H;10-12H,7-9H2,1-6H3. The van der Waals surface area contributed by atoms with Gasteiger partial charge in [0.1, 0.15) is 0 Å². The van der Waals surface area contributed by atoms with Crippen molar-refractivity contribution < 1.29 is 0 Å². The van der Waals surface area contributed by atoms with Crippen LogP contribution in [0, 0.1) is 0 Å². The van der Waals surface area contributed by atoms with Crippen molar-refractivity contribution in [2.24, 2.45) is 0 Å². The molecule has 2 heteroatoms. The second-order valence-corrected chi connectivity index (χ2v) is 22.4. The van der Waals surface area contributed by atoms with Gasteiger partial charge in [-0.05, 0) is 0 Å². The summed E-state index contributed by atoms with van der Waals surface area (Å²) in [6.07, 6.45) is 4.22. The van der Waals surface area contributed by atoms with Crippen molar-refractivity contribution in [1.29, 1.82) is 0 Å². The normalized spacial score (nSPS) is 13.9. The Labute approximate surface area is 207 Å². The Morgan fingerprint density at radius 1 is 0.469 bits per heavy atom. The monoisotopic (exact) mass is 550 g/mol. The molecule has 3 rings (SSSR count). The third kappa shape index (κ3) is 7.95. The predicted molar refractivity (Wildman–Crippen MR) is 149 cm³/mol. The van der Waals surface area contributed by atoms with Crippen LogP contribution < -0.4 is 13.2 Å². The minimum atomic E-state index is -1.63. The number of rotatable bonds is 9. The summed E-state index contributed by atoms with van der Waals surface area (Å²) in [6, 6.07) is 32.8. The van der Waals surface area contributed by atoms with Gasteiger partial charge in [0.05, 0.1) is 0 Å². The molecule has 3 aromatic rings. The van der Waals surface area contributed by atoms with Crippen molar-refractivity contribution in [3.05, 3.63) is 91.0 Å². The van der Waals surface area contributed by atoms with E-state index in [1.807, 2.05) is 0 Å². The molecule has 0 fully saturated rings. The maximum atomic E-state index is 2.49. The van der Waals surface area contributed by atoms with E-state index < -0.39 is 28.7 Å². The van der Waals surface area contributed by atoms with Gasteiger partial charge in [-0.1, -0.05) is 0 Å². The van der Waals surface area contributed by atoms with Crippen LogP contribution in [0.5, 0.6) is 0 Å². The molecule has 0 heterocycles. The predicted octanol–water partition coefficient (Wildman–Crippen LogP) is 7.08. The summed E-state index contributed by atoms with van der Waals surface area (Å²) < 4.78 is 7.68. The van der Waals surface area contributed by atoms with E-state index in [-0.39, 0.29) is 0 Å². The fourth-order valence-corrected chi connectivity index (χ4v) is 19.0. The van der Waals surface area contributed by atoms with Crippen molar-refractivity contribution in [2.75, 3.05) is 0 Å². The van der Waals surface area contributed by atoms with Gasteiger partial charge in [-0.25, -0.2) is 0 Å². The van der Waals surface area contributed by atoms with Crippen LogP contribution in [-0.2, 0) is 0 Å². The van der Waals surface area contributed by atoms with Gasteiger partial charge in [0, 0.05) is 0 Å². The molecule has 0 nitrogen and oxygen atoms in total. The van der Waals surface area contributed by atoms with Crippen LogP contribution in [0.25, 0.3) is 0 Å². The molecule has 0 saturated heterocycles. The van der Waals surface area contributed by atoms with Crippen molar-refractivity contribution >= 4 is 41.9 Å². The molecule has 3 unspecified atom stereocenters. The van der Waals surface area contributed by atoms with E-state index >= 15 is 0 Å². The summed E-state index contributed by atoms with van der Waals surface area (Å²) in [5.74, 6) is 0. The zero-order valence-corrected chi connectivity index (χ0v) is 25.2. The molecule has 170 valence electrons. The molecule has 0 aliphatic heterocycles. The van der Waals surface area contributed by atoms with Gasteiger partial charge in [-0.15, -0.1) is 0 Å². The summed E-state index contributed by atoms with van der Waals surface area (Å²) in [5, 5.41) is 0. The Kier molecular flexibility index (Phi) is 12.5. The summed E-state index contributed by atoms with van der Waals surface area (Å²) in [4.78, 5) is 0. The average Bonchev–Trinajstić information content (AvgIpc) is 2.86. The Hall–Kier alpha value is -1.25. The first-order valence-electron chi connectivity index (χ1n) is 12.4. The third-order valence-corrected chi connectivity index (χ3v) is 22.2. The second kappa shape index (κ2) is 14.8. The second-order valence-electron chi connectivity index (χ2n) is 8.90. The van der Waals surface area contributed by atoms with Crippen LogP contribution in [-0.4, -0.2) is 28.7 Å². The SMILES string of the molecule is CC[CH](C)[Ge]([CH](C)CC)[CH](C)CC.c1cc[c]([Ge]([c]2ccccc2)[c]2ccccc2)cc1. The van der Waals surface area contributed by atoms with E-state index in [9.17, 15) is 0 Å². The molecule has 3 atom stereocenters. The molecule has 0 N–H and O–H groups in total. The molecule has 2 radical (unpaired) electrons. The van der Waals surface area contributed by atoms with Gasteiger partial charge in [0.15, 0.2) is 0 Å². The van der Waals surface area contributed by atoms with Crippen molar-refractivity contribution in [2.45, 2.75) is 75.1 Å². The van der Waals surface area contributed by atoms with Crippen molar-refractivity contribution in [3.8, 4) is 0 Å². The molecular formula is C30H42Ge2. The Bertz CT molecular complexity index is 730. The first-order chi connectivity index (χ1) is 15.5. The maximum absolute atomic E-state index is 2.49. The van der Waals surface area contributed by atoms with E-state index in [0.29, 0.717) is 0 Å². The van der Waals surface area contributed by atoms with E-state index in [1.165, 1.54) is 32.5 Å². The third-order valence-electron chi connectivity index (χ3n) is 6.73. The molecule has 0 aliphatic carbocycles. The average molecular weight is 548 g/mol. The fourth-order valence-electron chi connectivity index (χ4n) is 4.48. The van der Waals surface area contributed by atoms with Crippen LogP contribution in [0.2, 0.25) is 14.3 Å². The summed E-state index contributed by atoms with van der Waals surface area (Å²) >= 11 is -2.44. The molecule has 0 aromatic heterocycles. The first-order valence-corrected chi connectivity index (χ1v) is 19.2. The number of hydrogen-bond acceptors (Lipinski definition) is 0. The molecule has 0 saturated carbocycles. The molecule has 0 bridgehead atoms. The molecule has 0 spiro atoms. The van der Waals surface area contributed by atoms with E-state index in [4.69, 9.17) is 0 Å². The molecule has 0 aliphatic rings. The van der Waals surface area contributed by atoms with Crippen LogP contribution in [0.1, 0.15) is 60.8 Å². The molecule has 3 aromatic carbocycles. The van der Waals surface area contributed by atoms with Crippen molar-refractivity contribution in [3.63, 3.8) is 0 Å². The van der Waals surface area contributed by atoms with E-state index in [0.717, 1.165) is 14.3 Å². The van der Waals surface area contributed by atoms with Crippen LogP contribution in [0.3, 0.4) is 0 Å². The number of hydrogen-bond donors (Lipinski definition) is 0. The van der Waals surface area contributed by atoms with Crippen molar-refractivity contribution in [1.82, 2.24) is 0 Å². The van der Waals surface area contributed by atoms with Crippen LogP contribution in [0.15, 0.2) is 91.0 Å². The molecule has 32 heavy (non-hydrogen) atoms. The van der Waals surface area contributed by atoms with Gasteiger partial charge in [-0.3, -0.25) is 0 Å². The fraction of sp³-hybridized carbons (Fsp3) is 0.400. The Morgan fingerprint density at radius 3 is 0.938 bits per heavy atom. The zero-order valence-electron chi connectivity index (χ0n) is 21.0. The quantitative estimate of drug-likeness (QED) is 0.251. The zero-order chi connectivity index (χ0) is 23.3. The molecule has 0 amide bonds. The Balaban J connectivity index is 0.000000247. The van der Waals surface area contributed by atoms with Gasteiger partial charge in [-0.2, -0.15) is 0 Å². The summed E-state index contributed by atoms with van der Waals surface area (Å²) in [7, 11) is 0. The van der Waals surface area contributed by atoms with Gasteiger partial charge in [0.2, 0.25) is 0 Å². The van der Waals surface area contributed by atoms with Crippen LogP contribution >= 0.6 is 0 Å². The van der Waals surface area contributed by atoms with Gasteiger partial charge in [0.25, 0.3) is 0 Å². The molecular weight excluding hydrogens is 506 g/mol. The van der Waals surface area contributed by atoms with Gasteiger partial charge < -0.3 is 0 Å². The van der Waals surface area contributed by atoms with E-state index in [2.05, 4.69) is 133 Å². The van der Waals surface area contributed by atoms with Gasteiger partial charge >= 0.3 is 208 Å². The Morgan fingerprint density at radius 2 is 0.719 bits per heavy atom. The van der Waals surface area contributed by atoms with E-state index in [1.54, 1.807) is 0 Å². The first kappa shape index (κ1) is 27.0. The number of benzene rings is 3. The summed E-state index contributed by atoms with van der Waals surface area (Å²) in [5.41, 5.74) is 0. The summed E-state index contributed by atoms with van der Waals surface area (Å²) in [6.45, 7) is 14.6. The minimum absolute atomic E-state index is 0.806. The topological polar surface area (TPSA) is 0 Å².